The SMILES string of the molecule is C.C=C1N=C(C(C)C)NN1.C=C1NN=C(C(C)C)O1.CC(C)c1ncn[nH]1.Cc1ccc(C(C)C)c(F)c1O. The summed E-state index contributed by atoms with van der Waals surface area (Å²) in [5.41, 5.74) is 9.48. The molecule has 10 nitrogen and oxygen atoms in total. The van der Waals surface area contributed by atoms with E-state index < -0.39 is 5.82 Å². The van der Waals surface area contributed by atoms with Crippen molar-refractivity contribution in [3.05, 3.63) is 66.1 Å². The van der Waals surface area contributed by atoms with Crippen LogP contribution in [0.4, 0.5) is 4.39 Å². The van der Waals surface area contributed by atoms with Gasteiger partial charge in [0.25, 0.3) is 0 Å². The average molecular weight is 547 g/mol. The molecule has 2 aromatic rings. The first-order valence-corrected chi connectivity index (χ1v) is 12.6. The number of aromatic nitrogens is 3. The van der Waals surface area contributed by atoms with Gasteiger partial charge in [-0.2, -0.15) is 5.10 Å². The van der Waals surface area contributed by atoms with E-state index in [1.165, 1.54) is 6.33 Å². The van der Waals surface area contributed by atoms with Crippen LogP contribution in [0.3, 0.4) is 0 Å². The number of benzene rings is 1. The van der Waals surface area contributed by atoms with Gasteiger partial charge in [0, 0.05) is 17.8 Å². The van der Waals surface area contributed by atoms with Gasteiger partial charge in [0.1, 0.15) is 23.8 Å². The summed E-state index contributed by atoms with van der Waals surface area (Å²) in [6, 6.07) is 3.45. The number of hydrazine groups is 1. The van der Waals surface area contributed by atoms with Gasteiger partial charge in [0.15, 0.2) is 11.6 Å². The largest absolute Gasteiger partial charge is 0.505 e. The van der Waals surface area contributed by atoms with E-state index in [0.717, 1.165) is 11.7 Å². The number of halogens is 1. The molecule has 0 bridgehead atoms. The Morgan fingerprint density at radius 1 is 0.923 bits per heavy atom. The fraction of sp³-hybridized carbons (Fsp3) is 0.500. The first-order chi connectivity index (χ1) is 17.7. The highest BCUT2D eigenvalue weighted by atomic mass is 19.1. The lowest BCUT2D eigenvalue weighted by atomic mass is 10.0. The number of hydrogen-bond donors (Lipinski definition) is 5. The third-order valence-electron chi connectivity index (χ3n) is 5.10. The molecule has 5 N–H and O–H groups in total. The summed E-state index contributed by atoms with van der Waals surface area (Å²) in [5, 5.41) is 19.6. The molecule has 0 fully saturated rings. The van der Waals surface area contributed by atoms with Crippen LogP contribution in [0.5, 0.6) is 5.75 Å². The van der Waals surface area contributed by atoms with Crippen molar-refractivity contribution < 1.29 is 14.2 Å². The Morgan fingerprint density at radius 3 is 1.87 bits per heavy atom. The number of aromatic amines is 1. The monoisotopic (exact) mass is 546 g/mol. The minimum Gasteiger partial charge on any atom is -0.505 e. The molecule has 2 aliphatic heterocycles. The van der Waals surface area contributed by atoms with Crippen molar-refractivity contribution >= 4 is 11.7 Å². The maximum atomic E-state index is 13.3. The fourth-order valence-electron chi connectivity index (χ4n) is 2.76. The van der Waals surface area contributed by atoms with E-state index in [-0.39, 0.29) is 19.1 Å². The third-order valence-corrected chi connectivity index (χ3v) is 5.10. The van der Waals surface area contributed by atoms with Gasteiger partial charge in [0.2, 0.25) is 11.8 Å². The van der Waals surface area contributed by atoms with Crippen LogP contribution in [0.25, 0.3) is 0 Å². The number of phenols is 1. The number of aliphatic imine (C=N–C) groups is 1. The number of ether oxygens (including phenoxy) is 1. The number of nitrogens with zero attached hydrogens (tertiary/aromatic N) is 4. The van der Waals surface area contributed by atoms with Crippen molar-refractivity contribution in [3.63, 3.8) is 0 Å². The third kappa shape index (κ3) is 12.0. The van der Waals surface area contributed by atoms with E-state index in [0.29, 0.717) is 46.5 Å². The molecule has 0 unspecified atom stereocenters. The Balaban J connectivity index is 0.000000495. The quantitative estimate of drug-likeness (QED) is 0.309. The summed E-state index contributed by atoms with van der Waals surface area (Å²) < 4.78 is 18.3. The minimum absolute atomic E-state index is 0. The summed E-state index contributed by atoms with van der Waals surface area (Å²) in [5.74, 6) is 4.45. The Morgan fingerprint density at radius 2 is 1.56 bits per heavy atom. The Kier molecular flexibility index (Phi) is 15.2. The zero-order chi connectivity index (χ0) is 29.0. The molecule has 0 aliphatic carbocycles. The van der Waals surface area contributed by atoms with Crippen LogP contribution in [-0.2, 0) is 4.74 Å². The van der Waals surface area contributed by atoms with E-state index >= 15 is 0 Å². The van der Waals surface area contributed by atoms with Gasteiger partial charge in [-0.05, 0) is 30.5 Å². The molecule has 11 heteroatoms. The molecular weight excluding hydrogens is 499 g/mol. The van der Waals surface area contributed by atoms with Crippen LogP contribution in [0.15, 0.2) is 53.4 Å². The predicted molar refractivity (Wildman–Crippen MR) is 157 cm³/mol. The predicted octanol–water partition coefficient (Wildman–Crippen LogP) is 6.19. The number of aryl methyl sites for hydroxylation is 1. The fourth-order valence-corrected chi connectivity index (χ4v) is 2.76. The second kappa shape index (κ2) is 16.8. The molecule has 2 aliphatic rings. The smallest absolute Gasteiger partial charge is 0.216 e. The maximum Gasteiger partial charge on any atom is 0.216 e. The lowest BCUT2D eigenvalue weighted by Crippen LogP contribution is -2.31. The highest BCUT2D eigenvalue weighted by Crippen LogP contribution is 2.27. The molecule has 0 spiro atoms. The zero-order valence-corrected chi connectivity index (χ0v) is 24.0. The van der Waals surface area contributed by atoms with Crippen molar-refractivity contribution in [2.45, 2.75) is 81.6 Å². The van der Waals surface area contributed by atoms with Gasteiger partial charge in [-0.25, -0.2) is 19.8 Å². The van der Waals surface area contributed by atoms with E-state index in [9.17, 15) is 9.50 Å². The summed E-state index contributed by atoms with van der Waals surface area (Å²) in [4.78, 5) is 8.04. The van der Waals surface area contributed by atoms with Crippen LogP contribution in [0, 0.1) is 24.6 Å². The highest BCUT2D eigenvalue weighted by Gasteiger charge is 2.14. The molecule has 0 atom stereocenters. The van der Waals surface area contributed by atoms with Crippen LogP contribution < -0.4 is 16.3 Å². The standard InChI is InChI=1S/C10H13FO.C6H11N3.C6H10N2O.C5H9N3.CH4/c1-6(2)8-5-4-7(3)10(12)9(8)11;1-4(2)6-7-5(3)8-9-6;1-4(2)6-8-7-5(3)9-6;1-4(2)5-6-3-7-8-5;/h4-6,12H,1-3H3;4,8H,3H2,1-2H3,(H,7,9);4,7H,3H2,1-2H3;3-4H,1-2H3,(H,6,7,8);1H4. The highest BCUT2D eigenvalue weighted by molar-refractivity contribution is 5.86. The molecule has 0 saturated carbocycles. The number of nitrogens with one attached hydrogen (secondary N) is 4. The molecule has 39 heavy (non-hydrogen) atoms. The number of phenolic OH excluding ortho intramolecular Hbond substituents is 1. The molecule has 1 aromatic carbocycles. The second-order valence-corrected chi connectivity index (χ2v) is 9.90. The van der Waals surface area contributed by atoms with Gasteiger partial charge >= 0.3 is 0 Å². The number of H-pyrrole nitrogens is 1. The van der Waals surface area contributed by atoms with Crippen LogP contribution in [-0.4, -0.2) is 32.0 Å². The normalized spacial score (nSPS) is 13.4. The van der Waals surface area contributed by atoms with Crippen LogP contribution in [0.2, 0.25) is 0 Å². The van der Waals surface area contributed by atoms with Gasteiger partial charge in [-0.15, -0.1) is 5.10 Å². The van der Waals surface area contributed by atoms with E-state index in [4.69, 9.17) is 4.74 Å². The molecule has 1 aromatic heterocycles. The Bertz CT molecular complexity index is 1110. The van der Waals surface area contributed by atoms with Gasteiger partial charge in [0.05, 0.1) is 0 Å². The lowest BCUT2D eigenvalue weighted by Gasteiger charge is -2.09. The number of hydrogen-bond acceptors (Lipinski definition) is 9. The average Bonchev–Trinajstić information content (AvgIpc) is 3.61. The number of rotatable bonds is 4. The zero-order valence-electron chi connectivity index (χ0n) is 24.0. The summed E-state index contributed by atoms with van der Waals surface area (Å²) in [7, 11) is 0. The van der Waals surface area contributed by atoms with Crippen LogP contribution >= 0.6 is 0 Å². The van der Waals surface area contributed by atoms with E-state index in [1.807, 2.05) is 27.7 Å². The lowest BCUT2D eigenvalue weighted by molar-refractivity contribution is 0.396. The summed E-state index contributed by atoms with van der Waals surface area (Å²) >= 11 is 0. The number of aromatic hydroxyl groups is 1. The summed E-state index contributed by atoms with van der Waals surface area (Å²) in [6.45, 7) is 25.0. The van der Waals surface area contributed by atoms with Crippen LogP contribution in [0.1, 0.15) is 91.6 Å². The molecule has 3 heterocycles. The number of amidine groups is 1. The molecular formula is C28H47FN8O2. The molecule has 0 radical (unpaired) electrons. The van der Waals surface area contributed by atoms with Gasteiger partial charge in [-0.3, -0.25) is 16.0 Å². The molecule has 4 rings (SSSR count). The molecule has 0 saturated heterocycles. The maximum absolute atomic E-state index is 13.3. The van der Waals surface area contributed by atoms with Gasteiger partial charge < -0.3 is 9.84 Å². The number of hydrazone groups is 1. The topological polar surface area (TPSA) is 132 Å². The van der Waals surface area contributed by atoms with Crippen molar-refractivity contribution in [2.75, 3.05) is 0 Å². The van der Waals surface area contributed by atoms with Crippen molar-refractivity contribution in [2.24, 2.45) is 21.9 Å². The van der Waals surface area contributed by atoms with Gasteiger partial charge in [-0.1, -0.05) is 81.5 Å². The summed E-state index contributed by atoms with van der Waals surface area (Å²) in [6.07, 6.45) is 1.52. The second-order valence-electron chi connectivity index (χ2n) is 9.90. The Labute approximate surface area is 232 Å². The first kappa shape index (κ1) is 35.1. The minimum atomic E-state index is -0.481. The van der Waals surface area contributed by atoms with Crippen molar-refractivity contribution in [1.82, 2.24) is 31.5 Å². The molecule has 218 valence electrons. The first-order valence-electron chi connectivity index (χ1n) is 12.6. The Hall–Kier alpha value is -3.89. The molecule has 0 amide bonds. The van der Waals surface area contributed by atoms with E-state index in [1.54, 1.807) is 19.1 Å². The van der Waals surface area contributed by atoms with E-state index in [2.05, 4.69) is 82.4 Å². The van der Waals surface area contributed by atoms with Crippen molar-refractivity contribution in [1.29, 1.82) is 0 Å². The van der Waals surface area contributed by atoms with Crippen molar-refractivity contribution in [3.8, 4) is 5.75 Å².